The second-order valence-electron chi connectivity index (χ2n) is 14.9. The van der Waals surface area contributed by atoms with Crippen LogP contribution in [0.2, 0.25) is 0 Å². The highest BCUT2D eigenvalue weighted by molar-refractivity contribution is 5.94. The van der Waals surface area contributed by atoms with Crippen molar-refractivity contribution >= 4 is 23.8 Å². The average molecular weight is 555 g/mol. The zero-order valence-corrected chi connectivity index (χ0v) is 24.2. The molecule has 4 heterocycles. The van der Waals surface area contributed by atoms with E-state index < -0.39 is 23.5 Å². The van der Waals surface area contributed by atoms with Gasteiger partial charge in [0.1, 0.15) is 23.7 Å². The number of ether oxygens (including phenoxy) is 1. The predicted octanol–water partition coefficient (Wildman–Crippen LogP) is 1.14. The van der Waals surface area contributed by atoms with Crippen LogP contribution in [0.15, 0.2) is 0 Å². The molecule has 4 aliphatic heterocycles. The number of nitrogens with zero attached hydrogens (tertiary/aromatic N) is 3. The van der Waals surface area contributed by atoms with E-state index in [0.29, 0.717) is 26.1 Å². The van der Waals surface area contributed by atoms with Crippen molar-refractivity contribution in [2.45, 2.75) is 96.0 Å². The first kappa shape index (κ1) is 27.3. The lowest BCUT2D eigenvalue weighted by Crippen LogP contribution is -2.72. The first-order chi connectivity index (χ1) is 18.7. The topological polar surface area (TPSA) is 144 Å². The minimum Gasteiger partial charge on any atom is -0.371 e. The van der Waals surface area contributed by atoms with Gasteiger partial charge in [0.15, 0.2) is 0 Å². The Bertz CT molecular complexity index is 1170. The zero-order valence-electron chi connectivity index (χ0n) is 24.2. The third-order valence-electron chi connectivity index (χ3n) is 10.6. The van der Waals surface area contributed by atoms with Crippen LogP contribution in [0.1, 0.15) is 66.7 Å². The molecular formula is C29H42N6O5. The molecule has 6 aliphatic rings. The smallest absolute Gasteiger partial charge is 0.318 e. The van der Waals surface area contributed by atoms with Gasteiger partial charge in [-0.3, -0.25) is 14.4 Å². The van der Waals surface area contributed by atoms with Crippen LogP contribution in [-0.2, 0) is 19.1 Å². The number of nitriles is 1. The molecule has 11 heteroatoms. The molecular weight excluding hydrogens is 512 g/mol. The molecule has 0 aromatic heterocycles. The summed E-state index contributed by atoms with van der Waals surface area (Å²) in [6, 6.07) is -0.495. The number of carbonyl (C=O) groups excluding carboxylic acids is 4. The van der Waals surface area contributed by atoms with Crippen molar-refractivity contribution in [3.8, 4) is 6.07 Å². The Labute approximate surface area is 235 Å². The molecule has 2 aliphatic carbocycles. The van der Waals surface area contributed by atoms with Gasteiger partial charge in [-0.2, -0.15) is 5.26 Å². The van der Waals surface area contributed by atoms with Crippen LogP contribution < -0.4 is 16.0 Å². The lowest BCUT2D eigenvalue weighted by molar-refractivity contribution is -0.208. The first-order valence-electron chi connectivity index (χ1n) is 14.7. The molecule has 218 valence electrons. The third kappa shape index (κ3) is 4.43. The average Bonchev–Trinajstić information content (AvgIpc) is 3.53. The molecule has 6 rings (SSSR count). The van der Waals surface area contributed by atoms with Gasteiger partial charge in [0.2, 0.25) is 17.7 Å². The number of urea groups is 1. The number of hydrogen-bond donors (Lipinski definition) is 3. The molecule has 6 atom stereocenters. The van der Waals surface area contributed by atoms with Gasteiger partial charge in [0.05, 0.1) is 25.8 Å². The van der Waals surface area contributed by atoms with Crippen molar-refractivity contribution < 1.29 is 23.9 Å². The molecule has 6 fully saturated rings. The summed E-state index contributed by atoms with van der Waals surface area (Å²) in [4.78, 5) is 56.7. The summed E-state index contributed by atoms with van der Waals surface area (Å²) in [7, 11) is 0. The molecule has 0 bridgehead atoms. The fraction of sp³-hybridized carbons (Fsp3) is 0.828. The number of fused-ring (bicyclic) bond motifs is 1. The maximum atomic E-state index is 14.1. The third-order valence-corrected chi connectivity index (χ3v) is 10.6. The van der Waals surface area contributed by atoms with E-state index in [2.05, 4.69) is 35.9 Å². The second kappa shape index (κ2) is 8.81. The van der Waals surface area contributed by atoms with Gasteiger partial charge in [0.25, 0.3) is 0 Å². The van der Waals surface area contributed by atoms with E-state index in [-0.39, 0.29) is 64.5 Å². The predicted molar refractivity (Wildman–Crippen MR) is 143 cm³/mol. The van der Waals surface area contributed by atoms with Crippen molar-refractivity contribution in [2.75, 3.05) is 26.2 Å². The van der Waals surface area contributed by atoms with Crippen molar-refractivity contribution in [1.82, 2.24) is 25.8 Å². The number of amides is 5. The van der Waals surface area contributed by atoms with Crippen molar-refractivity contribution in [3.63, 3.8) is 0 Å². The van der Waals surface area contributed by atoms with Crippen LogP contribution in [0.5, 0.6) is 0 Å². The zero-order chi connectivity index (χ0) is 28.8. The van der Waals surface area contributed by atoms with Gasteiger partial charge in [-0.1, -0.05) is 34.6 Å². The molecule has 40 heavy (non-hydrogen) atoms. The van der Waals surface area contributed by atoms with Crippen LogP contribution in [0.4, 0.5) is 4.79 Å². The first-order valence-corrected chi connectivity index (χ1v) is 14.7. The van der Waals surface area contributed by atoms with E-state index in [9.17, 15) is 24.4 Å². The summed E-state index contributed by atoms with van der Waals surface area (Å²) in [6.07, 6.45) is 3.83. The number of hydrogen-bond acceptors (Lipinski definition) is 6. The minimum atomic E-state index is -0.821. The van der Waals surface area contributed by atoms with Gasteiger partial charge in [-0.05, 0) is 48.3 Å². The van der Waals surface area contributed by atoms with E-state index in [1.807, 2.05) is 20.8 Å². The quantitative estimate of drug-likeness (QED) is 0.449. The lowest BCUT2D eigenvalue weighted by atomic mass is 9.84. The standard InChI is InChI=1S/C29H42N6O5/c1-26(2,3)21(32-25(39)34-14-29(15-34)8-9-40-29)24(38)35-13-18-19(27(18,4)5)20(35)23(37)31-17(12-30)10-16-11-28(6-7-28)33-22(16)36/h16-21H,6-11,13-15H2,1-5H3,(H,31,37)(H,32,39)(H,33,36)/t16-,17+,18+,19+,20+,21-/m1/s1. The monoisotopic (exact) mass is 554 g/mol. The van der Waals surface area contributed by atoms with Gasteiger partial charge < -0.3 is 30.5 Å². The Hall–Kier alpha value is -2.87. The largest absolute Gasteiger partial charge is 0.371 e. The summed E-state index contributed by atoms with van der Waals surface area (Å²) in [5.41, 5.74) is -0.992. The van der Waals surface area contributed by atoms with Crippen molar-refractivity contribution in [2.24, 2.45) is 28.6 Å². The molecule has 5 amide bonds. The van der Waals surface area contributed by atoms with Crippen LogP contribution in [0.25, 0.3) is 0 Å². The Morgan fingerprint density at radius 3 is 2.38 bits per heavy atom. The highest BCUT2D eigenvalue weighted by atomic mass is 16.5. The molecule has 0 aromatic rings. The lowest BCUT2D eigenvalue weighted by Gasteiger charge is -2.55. The number of likely N-dealkylation sites (tertiary alicyclic amines) is 2. The van der Waals surface area contributed by atoms with E-state index in [0.717, 1.165) is 25.9 Å². The van der Waals surface area contributed by atoms with E-state index in [4.69, 9.17) is 4.74 Å². The summed E-state index contributed by atoms with van der Waals surface area (Å²) in [5.74, 6) is -0.839. The SMILES string of the molecule is CC(C)(C)[C@H](NC(=O)N1CC2(CCO2)C1)C(=O)N1C[C@H]2[C@@H]([C@H]1C(=O)N[C@H](C#N)C[C@@H]1CC3(CC3)NC1=O)C2(C)C. The van der Waals surface area contributed by atoms with Gasteiger partial charge in [0, 0.05) is 24.4 Å². The fourth-order valence-electron chi connectivity index (χ4n) is 7.61. The number of carbonyl (C=O) groups is 4. The van der Waals surface area contributed by atoms with Gasteiger partial charge in [-0.25, -0.2) is 4.79 Å². The Kier molecular flexibility index (Phi) is 6.02. The van der Waals surface area contributed by atoms with E-state index in [1.165, 1.54) is 0 Å². The number of rotatable bonds is 6. The van der Waals surface area contributed by atoms with Crippen LogP contribution in [-0.4, -0.2) is 89.1 Å². The normalized spacial score (nSPS) is 33.1. The van der Waals surface area contributed by atoms with Crippen LogP contribution in [0.3, 0.4) is 0 Å². The molecule has 2 saturated carbocycles. The second-order valence-corrected chi connectivity index (χ2v) is 14.9. The van der Waals surface area contributed by atoms with Crippen LogP contribution >= 0.6 is 0 Å². The summed E-state index contributed by atoms with van der Waals surface area (Å²) in [5, 5.41) is 18.7. The number of nitrogens with one attached hydrogen (secondary N) is 3. The van der Waals surface area contributed by atoms with Crippen LogP contribution in [0, 0.1) is 39.9 Å². The fourth-order valence-corrected chi connectivity index (χ4v) is 7.61. The molecule has 0 radical (unpaired) electrons. The summed E-state index contributed by atoms with van der Waals surface area (Å²) in [6.45, 7) is 12.1. The number of piperidine rings is 1. The Balaban J connectivity index is 1.14. The summed E-state index contributed by atoms with van der Waals surface area (Å²) >= 11 is 0. The molecule has 0 unspecified atom stereocenters. The van der Waals surface area contributed by atoms with Crippen molar-refractivity contribution in [3.05, 3.63) is 0 Å². The Morgan fingerprint density at radius 1 is 1.18 bits per heavy atom. The van der Waals surface area contributed by atoms with E-state index >= 15 is 0 Å². The van der Waals surface area contributed by atoms with E-state index in [1.54, 1.807) is 9.80 Å². The van der Waals surface area contributed by atoms with Gasteiger partial charge in [-0.15, -0.1) is 0 Å². The summed E-state index contributed by atoms with van der Waals surface area (Å²) < 4.78 is 5.63. The van der Waals surface area contributed by atoms with Crippen molar-refractivity contribution in [1.29, 1.82) is 5.26 Å². The molecule has 0 aromatic carbocycles. The molecule has 11 nitrogen and oxygen atoms in total. The molecule has 2 spiro atoms. The Morgan fingerprint density at radius 2 is 1.85 bits per heavy atom. The highest BCUT2D eigenvalue weighted by Gasteiger charge is 2.70. The maximum Gasteiger partial charge on any atom is 0.318 e. The highest BCUT2D eigenvalue weighted by Crippen LogP contribution is 2.65. The minimum absolute atomic E-state index is 0.0253. The molecule has 4 saturated heterocycles. The molecule has 3 N–H and O–H groups in total. The maximum absolute atomic E-state index is 14.1. The van der Waals surface area contributed by atoms with Gasteiger partial charge >= 0.3 is 6.03 Å².